The topological polar surface area (TPSA) is 185 Å². The molecule has 3 atom stereocenters. The van der Waals surface area contributed by atoms with Gasteiger partial charge in [0.2, 0.25) is 11.9 Å². The molecular formula is C42H53N5O8S. The van der Waals surface area contributed by atoms with Gasteiger partial charge < -0.3 is 30.2 Å². The van der Waals surface area contributed by atoms with Crippen LogP contribution in [0.2, 0.25) is 0 Å². The van der Waals surface area contributed by atoms with E-state index in [0.29, 0.717) is 17.5 Å². The molecular weight excluding hydrogens is 735 g/mol. The highest BCUT2D eigenvalue weighted by atomic mass is 32.2. The van der Waals surface area contributed by atoms with Crippen molar-refractivity contribution in [2.24, 2.45) is 0 Å². The first-order chi connectivity index (χ1) is 26.6. The van der Waals surface area contributed by atoms with Gasteiger partial charge in [-0.1, -0.05) is 61.5 Å². The van der Waals surface area contributed by atoms with Crippen LogP contribution in [0.5, 0.6) is 5.75 Å². The summed E-state index contributed by atoms with van der Waals surface area (Å²) in [6.07, 6.45) is 3.29. The second-order valence-corrected chi connectivity index (χ2v) is 16.2. The van der Waals surface area contributed by atoms with Crippen molar-refractivity contribution in [3.8, 4) is 16.9 Å². The first-order valence-electron chi connectivity index (χ1n) is 18.9. The average Bonchev–Trinajstić information content (AvgIpc) is 3.49. The fraction of sp³-hybridized carbons (Fsp3) is 0.429. The Morgan fingerprint density at radius 3 is 2.25 bits per heavy atom. The normalized spacial score (nSPS) is 16.8. The minimum Gasteiger partial charge on any atom is -0.487 e. The van der Waals surface area contributed by atoms with Crippen LogP contribution >= 0.6 is 0 Å². The number of rotatable bonds is 15. The van der Waals surface area contributed by atoms with Crippen molar-refractivity contribution < 1.29 is 37.0 Å². The van der Waals surface area contributed by atoms with Gasteiger partial charge in [0, 0.05) is 12.5 Å². The number of benzene rings is 3. The quantitative estimate of drug-likeness (QED) is 0.0416. The summed E-state index contributed by atoms with van der Waals surface area (Å²) in [4.78, 5) is 39.2. The number of sulfonamides is 1. The third kappa shape index (κ3) is 9.01. The predicted octanol–water partition coefficient (Wildman–Crippen LogP) is 5.83. The Labute approximate surface area is 329 Å². The number of esters is 1. The first-order valence-corrected chi connectivity index (χ1v) is 20.4. The second-order valence-electron chi connectivity index (χ2n) is 14.6. The molecule has 0 radical (unpaired) electrons. The molecule has 2 amide bonds. The van der Waals surface area contributed by atoms with Crippen LogP contribution in [0.1, 0.15) is 85.3 Å². The van der Waals surface area contributed by atoms with Gasteiger partial charge in [0.25, 0.3) is 10.0 Å². The van der Waals surface area contributed by atoms with Gasteiger partial charge in [-0.2, -0.15) is 0 Å². The van der Waals surface area contributed by atoms with E-state index in [4.69, 9.17) is 19.6 Å². The molecule has 2 aliphatic rings. The molecule has 300 valence electrons. The highest BCUT2D eigenvalue weighted by Gasteiger charge is 2.36. The zero-order valence-corrected chi connectivity index (χ0v) is 33.8. The van der Waals surface area contributed by atoms with Gasteiger partial charge in [-0.15, -0.1) is 6.58 Å². The molecule has 5 N–H and O–H groups in total. The number of hydrogen-bond acceptors (Lipinski definition) is 9. The molecule has 0 saturated carbocycles. The molecule has 0 spiro atoms. The van der Waals surface area contributed by atoms with Crippen molar-refractivity contribution in [1.82, 2.24) is 20.7 Å². The van der Waals surface area contributed by atoms with E-state index >= 15 is 0 Å². The maximum absolute atomic E-state index is 13.7. The van der Waals surface area contributed by atoms with E-state index in [1.54, 1.807) is 13.8 Å². The molecule has 1 unspecified atom stereocenters. The lowest BCUT2D eigenvalue weighted by Gasteiger charge is -2.37. The number of guanidine groups is 1. The predicted molar refractivity (Wildman–Crippen MR) is 214 cm³/mol. The summed E-state index contributed by atoms with van der Waals surface area (Å²) in [5.41, 5.74) is 6.65. The third-order valence-electron chi connectivity index (χ3n) is 10.9. The maximum atomic E-state index is 13.7. The number of fused-ring (bicyclic) bond motifs is 4. The van der Waals surface area contributed by atoms with Crippen LogP contribution in [0, 0.1) is 26.2 Å². The molecule has 56 heavy (non-hydrogen) atoms. The van der Waals surface area contributed by atoms with E-state index in [1.165, 1.54) is 13.2 Å². The minimum atomic E-state index is -4.16. The highest BCUT2D eigenvalue weighted by molar-refractivity contribution is 7.90. The van der Waals surface area contributed by atoms with Crippen LogP contribution in [0.25, 0.3) is 11.1 Å². The molecule has 3 aromatic carbocycles. The first kappa shape index (κ1) is 41.8. The second kappa shape index (κ2) is 17.6. The number of hydrogen-bond donors (Lipinski definition) is 5. The number of ether oxygens (including phenoxy) is 3. The Balaban J connectivity index is 1.23. The van der Waals surface area contributed by atoms with E-state index in [-0.39, 0.29) is 48.8 Å². The SMILES string of the molecule is C=CC[C@@H](NC(=O)[C@H](CCCNC(=N)NS(=O)(=O)c1c(C)c(C)c2c(c1C)CCC(C)(CC)O2)NC(=O)OCC1c2ccccc2-c2ccccc21)C(=O)OC. The van der Waals surface area contributed by atoms with Gasteiger partial charge in [0.15, 0.2) is 0 Å². The average molecular weight is 788 g/mol. The molecule has 0 bridgehead atoms. The van der Waals surface area contributed by atoms with Crippen molar-refractivity contribution >= 4 is 34.0 Å². The number of alkyl carbamates (subject to hydrolysis) is 1. The van der Waals surface area contributed by atoms with Crippen molar-refractivity contribution in [3.63, 3.8) is 0 Å². The van der Waals surface area contributed by atoms with E-state index in [9.17, 15) is 22.8 Å². The minimum absolute atomic E-state index is 0.0299. The summed E-state index contributed by atoms with van der Waals surface area (Å²) < 4.78 is 46.6. The van der Waals surface area contributed by atoms with E-state index in [0.717, 1.165) is 52.0 Å². The molecule has 1 aliphatic heterocycles. The summed E-state index contributed by atoms with van der Waals surface area (Å²) in [5.74, 6) is -1.24. The summed E-state index contributed by atoms with van der Waals surface area (Å²) in [5, 5.41) is 16.5. The molecule has 0 aromatic heterocycles. The fourth-order valence-corrected chi connectivity index (χ4v) is 9.05. The van der Waals surface area contributed by atoms with Gasteiger partial charge in [-0.05, 0) is 111 Å². The summed E-state index contributed by atoms with van der Waals surface area (Å²) in [6.45, 7) is 13.2. The Bertz CT molecular complexity index is 2070. The van der Waals surface area contributed by atoms with E-state index in [2.05, 4.69) is 41.1 Å². The van der Waals surface area contributed by atoms with Crippen molar-refractivity contribution in [1.29, 1.82) is 5.41 Å². The third-order valence-corrected chi connectivity index (χ3v) is 12.6. The number of methoxy groups -OCH3 is 1. The van der Waals surface area contributed by atoms with Gasteiger partial charge in [0.05, 0.1) is 12.0 Å². The molecule has 3 aromatic rings. The Kier molecular flexibility index (Phi) is 13.1. The Morgan fingerprint density at radius 2 is 1.64 bits per heavy atom. The van der Waals surface area contributed by atoms with Crippen molar-refractivity contribution in [2.75, 3.05) is 20.3 Å². The van der Waals surface area contributed by atoms with Gasteiger partial charge in [0.1, 0.15) is 30.0 Å². The van der Waals surface area contributed by atoms with Gasteiger partial charge >= 0.3 is 12.1 Å². The van der Waals surface area contributed by atoms with Gasteiger partial charge in [-0.25, -0.2) is 22.7 Å². The van der Waals surface area contributed by atoms with Crippen LogP contribution in [0.3, 0.4) is 0 Å². The smallest absolute Gasteiger partial charge is 0.407 e. The zero-order chi connectivity index (χ0) is 40.8. The van der Waals surface area contributed by atoms with E-state index in [1.807, 2.05) is 55.5 Å². The summed E-state index contributed by atoms with van der Waals surface area (Å²) in [7, 11) is -2.95. The molecule has 0 saturated heterocycles. The molecule has 0 fully saturated rings. The zero-order valence-electron chi connectivity index (χ0n) is 33.0. The fourth-order valence-electron chi connectivity index (χ4n) is 7.52. The number of carbonyl (C=O) groups is 3. The van der Waals surface area contributed by atoms with Crippen LogP contribution in [0.4, 0.5) is 4.79 Å². The monoisotopic (exact) mass is 787 g/mol. The lowest BCUT2D eigenvalue weighted by Crippen LogP contribution is -2.52. The van der Waals surface area contributed by atoms with Crippen LogP contribution < -0.4 is 25.4 Å². The Morgan fingerprint density at radius 1 is 1.00 bits per heavy atom. The maximum Gasteiger partial charge on any atom is 0.407 e. The highest BCUT2D eigenvalue weighted by Crippen LogP contribution is 2.45. The molecule has 13 nitrogen and oxygen atoms in total. The van der Waals surface area contributed by atoms with Crippen LogP contribution in [-0.2, 0) is 35.5 Å². The summed E-state index contributed by atoms with van der Waals surface area (Å²) in [6, 6.07) is 13.7. The van der Waals surface area contributed by atoms with Gasteiger partial charge in [-0.3, -0.25) is 10.2 Å². The summed E-state index contributed by atoms with van der Waals surface area (Å²) >= 11 is 0. The number of nitrogens with one attached hydrogen (secondary N) is 5. The van der Waals surface area contributed by atoms with Crippen molar-refractivity contribution in [3.05, 3.63) is 94.6 Å². The van der Waals surface area contributed by atoms with Crippen molar-refractivity contribution in [2.45, 2.75) is 102 Å². The molecule has 1 aliphatic carbocycles. The van der Waals surface area contributed by atoms with Crippen LogP contribution in [-0.4, -0.2) is 70.3 Å². The Hall–Kier alpha value is -5.37. The lowest BCUT2D eigenvalue weighted by atomic mass is 9.86. The lowest BCUT2D eigenvalue weighted by molar-refractivity contribution is -0.145. The van der Waals surface area contributed by atoms with Crippen LogP contribution in [0.15, 0.2) is 66.1 Å². The number of amides is 2. The largest absolute Gasteiger partial charge is 0.487 e. The molecule has 5 rings (SSSR count). The molecule has 14 heteroatoms. The molecule has 1 heterocycles. The number of carbonyl (C=O) groups excluding carboxylic acids is 3. The van der Waals surface area contributed by atoms with E-state index < -0.39 is 46.0 Å². The standard InChI is InChI=1S/C42H53N5O8S/c1-8-15-35(39(49)53-7)45-38(48)34(46-41(50)54-24-33-31-18-12-10-16-29(31)30-17-11-13-19-32(30)33)20-14-23-44-40(43)47-56(51,52)37-26(4)25(3)36-28(27(37)5)21-22-42(6,9-2)55-36/h8,10-13,16-19,33-35H,1,9,14-15,20-24H2,2-7H3,(H,45,48)(H,46,50)(H3,43,44,47)/t34-,35+,42?/m0/s1.